The molecule has 1 fully saturated rings. The third kappa shape index (κ3) is 7.44. The zero-order chi connectivity index (χ0) is 24.5. The van der Waals surface area contributed by atoms with E-state index in [9.17, 15) is 9.59 Å². The molecule has 1 aliphatic rings. The summed E-state index contributed by atoms with van der Waals surface area (Å²) in [5, 5.41) is 18.9. The second-order valence-electron chi connectivity index (χ2n) is 7.62. The molecule has 1 aliphatic heterocycles. The Labute approximate surface area is 206 Å². The molecule has 8 nitrogen and oxygen atoms in total. The largest absolute Gasteiger partial charge is 0.489 e. The van der Waals surface area contributed by atoms with Crippen LogP contribution < -0.4 is 14.8 Å². The number of hydrogen-bond acceptors (Lipinski definition) is 7. The van der Waals surface area contributed by atoms with E-state index in [0.29, 0.717) is 19.0 Å². The van der Waals surface area contributed by atoms with Gasteiger partial charge in [-0.15, -0.1) is 5.10 Å². The SMILES string of the molecule is O=C(O)CC1SC(=NN=Cc2ccc(OCc3ccc(OCc4ccccc4)cc3)cc2)NC1=O. The van der Waals surface area contributed by atoms with Crippen LogP contribution in [0.2, 0.25) is 0 Å². The fourth-order valence-corrected chi connectivity index (χ4v) is 4.05. The van der Waals surface area contributed by atoms with Crippen LogP contribution in [0.5, 0.6) is 11.5 Å². The Hall–Kier alpha value is -4.11. The molecule has 1 amide bonds. The van der Waals surface area contributed by atoms with E-state index in [0.717, 1.165) is 34.2 Å². The molecule has 0 spiro atoms. The number of carbonyl (C=O) groups excluding carboxylic acids is 1. The summed E-state index contributed by atoms with van der Waals surface area (Å²) < 4.78 is 11.7. The first-order valence-corrected chi connectivity index (χ1v) is 11.7. The summed E-state index contributed by atoms with van der Waals surface area (Å²) in [4.78, 5) is 22.5. The van der Waals surface area contributed by atoms with Gasteiger partial charge in [-0.2, -0.15) is 5.10 Å². The minimum Gasteiger partial charge on any atom is -0.489 e. The molecule has 1 heterocycles. The number of nitrogens with one attached hydrogen (secondary N) is 1. The van der Waals surface area contributed by atoms with Gasteiger partial charge < -0.3 is 19.9 Å². The Morgan fingerprint density at radius 1 is 0.914 bits per heavy atom. The van der Waals surface area contributed by atoms with Gasteiger partial charge in [0.15, 0.2) is 5.17 Å². The molecule has 0 bridgehead atoms. The van der Waals surface area contributed by atoms with Crippen molar-refractivity contribution in [2.75, 3.05) is 0 Å². The molecule has 35 heavy (non-hydrogen) atoms. The van der Waals surface area contributed by atoms with Crippen LogP contribution in [0.25, 0.3) is 0 Å². The number of carboxylic acids is 1. The number of benzene rings is 3. The first-order valence-electron chi connectivity index (χ1n) is 10.8. The average molecular weight is 490 g/mol. The van der Waals surface area contributed by atoms with Crippen molar-refractivity contribution in [1.82, 2.24) is 5.32 Å². The van der Waals surface area contributed by atoms with Crippen molar-refractivity contribution in [3.8, 4) is 11.5 Å². The molecule has 3 aromatic carbocycles. The molecule has 178 valence electrons. The van der Waals surface area contributed by atoms with E-state index in [1.54, 1.807) is 6.21 Å². The number of amides is 1. The molecule has 3 aromatic rings. The van der Waals surface area contributed by atoms with Crippen molar-refractivity contribution in [3.05, 3.63) is 95.6 Å². The van der Waals surface area contributed by atoms with Gasteiger partial charge in [0, 0.05) is 0 Å². The molecule has 1 atom stereocenters. The van der Waals surface area contributed by atoms with E-state index in [1.165, 1.54) is 0 Å². The summed E-state index contributed by atoms with van der Waals surface area (Å²) >= 11 is 1.06. The summed E-state index contributed by atoms with van der Waals surface area (Å²) in [5.41, 5.74) is 2.95. The standard InChI is InChI=1S/C26H23N3O5S/c30-24(31)14-23-25(32)28-26(35-23)29-27-15-18-6-10-21(11-7-18)34-17-20-8-12-22(13-9-20)33-16-19-4-2-1-3-5-19/h1-13,15,23H,14,16-17H2,(H,30,31)(H,28,29,32). The average Bonchev–Trinajstić information content (AvgIpc) is 3.21. The summed E-state index contributed by atoms with van der Waals surface area (Å²) in [6.07, 6.45) is 1.29. The molecule has 0 radical (unpaired) electrons. The Kier molecular flexibility index (Phi) is 8.13. The normalized spacial score (nSPS) is 16.4. The Morgan fingerprint density at radius 2 is 1.51 bits per heavy atom. The highest BCUT2D eigenvalue weighted by Crippen LogP contribution is 2.22. The number of rotatable bonds is 10. The van der Waals surface area contributed by atoms with E-state index >= 15 is 0 Å². The van der Waals surface area contributed by atoms with Gasteiger partial charge in [0.1, 0.15) is 30.0 Å². The molecule has 1 unspecified atom stereocenters. The lowest BCUT2D eigenvalue weighted by Gasteiger charge is -2.09. The second-order valence-corrected chi connectivity index (χ2v) is 8.81. The van der Waals surface area contributed by atoms with Crippen molar-refractivity contribution < 1.29 is 24.2 Å². The lowest BCUT2D eigenvalue weighted by Crippen LogP contribution is -2.26. The summed E-state index contributed by atoms with van der Waals surface area (Å²) in [7, 11) is 0. The molecule has 0 saturated carbocycles. The fraction of sp³-hybridized carbons (Fsp3) is 0.154. The number of thioether (sulfide) groups is 1. The van der Waals surface area contributed by atoms with Gasteiger partial charge >= 0.3 is 5.97 Å². The maximum Gasteiger partial charge on any atom is 0.305 e. The van der Waals surface area contributed by atoms with E-state index in [4.69, 9.17) is 14.6 Å². The molecule has 4 rings (SSSR count). The lowest BCUT2D eigenvalue weighted by atomic mass is 10.2. The Balaban J connectivity index is 1.23. The van der Waals surface area contributed by atoms with Crippen molar-refractivity contribution >= 4 is 35.0 Å². The van der Waals surface area contributed by atoms with Crippen molar-refractivity contribution in [3.63, 3.8) is 0 Å². The first kappa shape index (κ1) is 24.0. The van der Waals surface area contributed by atoms with Crippen LogP contribution in [0.15, 0.2) is 89.1 Å². The van der Waals surface area contributed by atoms with Gasteiger partial charge in [-0.25, -0.2) is 0 Å². The van der Waals surface area contributed by atoms with Gasteiger partial charge in [-0.05, 0) is 53.1 Å². The maximum absolute atomic E-state index is 11.7. The number of hydrogen-bond donors (Lipinski definition) is 2. The third-order valence-corrected chi connectivity index (χ3v) is 6.02. The quantitative estimate of drug-likeness (QED) is 0.326. The molecular formula is C26H23N3O5S. The number of ether oxygens (including phenoxy) is 2. The molecule has 9 heteroatoms. The third-order valence-electron chi connectivity index (χ3n) is 4.95. The molecule has 0 aliphatic carbocycles. The van der Waals surface area contributed by atoms with E-state index in [2.05, 4.69) is 15.5 Å². The van der Waals surface area contributed by atoms with Crippen molar-refractivity contribution in [2.24, 2.45) is 10.2 Å². The number of amidine groups is 1. The van der Waals surface area contributed by atoms with Crippen molar-refractivity contribution in [2.45, 2.75) is 24.9 Å². The van der Waals surface area contributed by atoms with Crippen LogP contribution in [0.1, 0.15) is 23.1 Å². The highest BCUT2D eigenvalue weighted by atomic mass is 32.2. The molecule has 1 saturated heterocycles. The molecule has 2 N–H and O–H groups in total. The smallest absolute Gasteiger partial charge is 0.305 e. The van der Waals surface area contributed by atoms with E-state index < -0.39 is 11.2 Å². The second kappa shape index (κ2) is 11.8. The minimum atomic E-state index is -1.03. The molecular weight excluding hydrogens is 466 g/mol. The monoisotopic (exact) mass is 489 g/mol. The van der Waals surface area contributed by atoms with Crippen LogP contribution in [-0.4, -0.2) is 33.6 Å². The fourth-order valence-electron chi connectivity index (χ4n) is 3.13. The molecule has 0 aromatic heterocycles. The van der Waals surface area contributed by atoms with Crippen LogP contribution >= 0.6 is 11.8 Å². The number of carbonyl (C=O) groups is 2. The lowest BCUT2D eigenvalue weighted by molar-refractivity contribution is -0.138. The van der Waals surface area contributed by atoms with Gasteiger partial charge in [-0.1, -0.05) is 54.2 Å². The zero-order valence-corrected chi connectivity index (χ0v) is 19.5. The van der Waals surface area contributed by atoms with Gasteiger partial charge in [0.25, 0.3) is 0 Å². The van der Waals surface area contributed by atoms with Gasteiger partial charge in [0.2, 0.25) is 5.91 Å². The van der Waals surface area contributed by atoms with Crippen LogP contribution in [-0.2, 0) is 22.8 Å². The highest BCUT2D eigenvalue weighted by Gasteiger charge is 2.32. The van der Waals surface area contributed by atoms with Gasteiger partial charge in [-0.3, -0.25) is 9.59 Å². The van der Waals surface area contributed by atoms with E-state index in [1.807, 2.05) is 78.9 Å². The van der Waals surface area contributed by atoms with Crippen LogP contribution in [0, 0.1) is 0 Å². The topological polar surface area (TPSA) is 110 Å². The summed E-state index contributed by atoms with van der Waals surface area (Å²) in [6.45, 7) is 0.951. The van der Waals surface area contributed by atoms with Gasteiger partial charge in [0.05, 0.1) is 12.6 Å². The minimum absolute atomic E-state index is 0.257. The van der Waals surface area contributed by atoms with Crippen molar-refractivity contribution in [1.29, 1.82) is 0 Å². The highest BCUT2D eigenvalue weighted by molar-refractivity contribution is 8.15. The first-order chi connectivity index (χ1) is 17.0. The predicted octanol–water partition coefficient (Wildman–Crippen LogP) is 4.24. The Morgan fingerprint density at radius 3 is 2.14 bits per heavy atom. The maximum atomic E-state index is 11.7. The zero-order valence-electron chi connectivity index (χ0n) is 18.7. The van der Waals surface area contributed by atoms with Crippen LogP contribution in [0.4, 0.5) is 0 Å². The van der Waals surface area contributed by atoms with E-state index in [-0.39, 0.29) is 17.5 Å². The summed E-state index contributed by atoms with van der Waals surface area (Å²) in [6, 6.07) is 25.2. The van der Waals surface area contributed by atoms with Crippen LogP contribution in [0.3, 0.4) is 0 Å². The number of aliphatic carboxylic acids is 1. The number of nitrogens with zero attached hydrogens (tertiary/aromatic N) is 2. The summed E-state index contributed by atoms with van der Waals surface area (Å²) in [5.74, 6) is 0.113. The number of carboxylic acid groups (broad SMARTS) is 1. The Bertz CT molecular complexity index is 1210. The predicted molar refractivity (Wildman–Crippen MR) is 135 cm³/mol.